The van der Waals surface area contributed by atoms with E-state index in [9.17, 15) is 14.3 Å². The standard InChI is InChI=1S/C16H15BrFNO2/c1-7-3-4-10-13(16(20)21)11-5-9(18)6-12(17)15(11)19-14(10)8(7)2/h5-8H,3-4H2,1-2H3,(H,20,21). The zero-order valence-electron chi connectivity index (χ0n) is 11.8. The van der Waals surface area contributed by atoms with Gasteiger partial charge in [-0.3, -0.25) is 4.98 Å². The van der Waals surface area contributed by atoms with Crippen LogP contribution in [0.1, 0.15) is 47.8 Å². The van der Waals surface area contributed by atoms with Gasteiger partial charge in [-0.15, -0.1) is 0 Å². The van der Waals surface area contributed by atoms with Crippen LogP contribution in [0.5, 0.6) is 0 Å². The second kappa shape index (κ2) is 5.05. The van der Waals surface area contributed by atoms with E-state index in [1.165, 1.54) is 12.1 Å². The molecule has 3 rings (SSSR count). The van der Waals surface area contributed by atoms with Gasteiger partial charge in [0.25, 0.3) is 0 Å². The van der Waals surface area contributed by atoms with Crippen molar-refractivity contribution in [2.75, 3.05) is 0 Å². The maximum atomic E-state index is 13.7. The molecule has 0 aliphatic heterocycles. The highest BCUT2D eigenvalue weighted by Gasteiger charge is 2.30. The van der Waals surface area contributed by atoms with E-state index in [1.54, 1.807) is 0 Å². The summed E-state index contributed by atoms with van der Waals surface area (Å²) < 4.78 is 14.2. The minimum absolute atomic E-state index is 0.202. The lowest BCUT2D eigenvalue weighted by molar-refractivity contribution is 0.0697. The molecule has 0 bridgehead atoms. The van der Waals surface area contributed by atoms with Gasteiger partial charge in [-0.1, -0.05) is 13.8 Å². The molecule has 2 aromatic rings. The molecule has 110 valence electrons. The highest BCUT2D eigenvalue weighted by molar-refractivity contribution is 9.10. The number of carboxylic acids is 1. The Morgan fingerprint density at radius 3 is 2.81 bits per heavy atom. The van der Waals surface area contributed by atoms with E-state index in [-0.39, 0.29) is 11.5 Å². The Bertz CT molecular complexity index is 760. The molecular formula is C16H15BrFNO2. The lowest BCUT2D eigenvalue weighted by Gasteiger charge is -2.29. The van der Waals surface area contributed by atoms with E-state index in [0.29, 0.717) is 27.7 Å². The summed E-state index contributed by atoms with van der Waals surface area (Å²) in [5, 5.41) is 9.98. The summed E-state index contributed by atoms with van der Waals surface area (Å²) in [5.74, 6) is -0.815. The number of benzene rings is 1. The Kier molecular flexibility index (Phi) is 3.48. The Balaban J connectivity index is 2.44. The van der Waals surface area contributed by atoms with Crippen molar-refractivity contribution in [3.8, 4) is 0 Å². The first-order valence-corrected chi connectivity index (χ1v) is 7.74. The Morgan fingerprint density at radius 2 is 2.14 bits per heavy atom. The minimum atomic E-state index is -1.02. The predicted molar refractivity (Wildman–Crippen MR) is 82.3 cm³/mol. The average molecular weight is 352 g/mol. The topological polar surface area (TPSA) is 50.2 Å². The summed E-state index contributed by atoms with van der Waals surface area (Å²) in [7, 11) is 0. The van der Waals surface area contributed by atoms with E-state index in [4.69, 9.17) is 0 Å². The Morgan fingerprint density at radius 1 is 1.43 bits per heavy atom. The van der Waals surface area contributed by atoms with Crippen LogP contribution in [0.25, 0.3) is 10.9 Å². The normalized spacial score (nSPS) is 21.3. The average Bonchev–Trinajstić information content (AvgIpc) is 2.41. The summed E-state index contributed by atoms with van der Waals surface area (Å²) in [4.78, 5) is 16.4. The smallest absolute Gasteiger partial charge is 0.336 e. The fraction of sp³-hybridized carbons (Fsp3) is 0.375. The molecular weight excluding hydrogens is 337 g/mol. The van der Waals surface area contributed by atoms with Crippen molar-refractivity contribution in [3.63, 3.8) is 0 Å². The third-order valence-electron chi connectivity index (χ3n) is 4.49. The molecule has 0 amide bonds. The first-order chi connectivity index (χ1) is 9.90. The van der Waals surface area contributed by atoms with Gasteiger partial charge in [0.05, 0.1) is 11.1 Å². The summed E-state index contributed by atoms with van der Waals surface area (Å²) in [6, 6.07) is 2.59. The van der Waals surface area contributed by atoms with Gasteiger partial charge in [-0.05, 0) is 52.4 Å². The van der Waals surface area contributed by atoms with E-state index in [0.717, 1.165) is 17.7 Å². The second-order valence-corrected chi connectivity index (χ2v) is 6.60. The van der Waals surface area contributed by atoms with Gasteiger partial charge < -0.3 is 5.11 Å². The first kappa shape index (κ1) is 14.4. The van der Waals surface area contributed by atoms with Crippen molar-refractivity contribution in [1.82, 2.24) is 4.98 Å². The molecule has 0 saturated heterocycles. The van der Waals surface area contributed by atoms with Gasteiger partial charge in [0.1, 0.15) is 5.82 Å². The molecule has 1 heterocycles. The Hall–Kier alpha value is -1.49. The number of nitrogens with zero attached hydrogens (tertiary/aromatic N) is 1. The van der Waals surface area contributed by atoms with Crippen molar-refractivity contribution < 1.29 is 14.3 Å². The summed E-state index contributed by atoms with van der Waals surface area (Å²) in [5.41, 5.74) is 2.33. The number of carbonyl (C=O) groups is 1. The molecule has 1 aliphatic rings. The molecule has 3 nitrogen and oxygen atoms in total. The minimum Gasteiger partial charge on any atom is -0.478 e. The van der Waals surface area contributed by atoms with Crippen molar-refractivity contribution in [1.29, 1.82) is 0 Å². The Labute approximate surface area is 130 Å². The number of aromatic carboxylic acids is 1. The van der Waals surface area contributed by atoms with Crippen LogP contribution >= 0.6 is 15.9 Å². The van der Waals surface area contributed by atoms with E-state index < -0.39 is 11.8 Å². The van der Waals surface area contributed by atoms with Crippen molar-refractivity contribution >= 4 is 32.8 Å². The first-order valence-electron chi connectivity index (χ1n) is 6.95. The molecule has 1 N–H and O–H groups in total. The molecule has 0 spiro atoms. The fourth-order valence-corrected chi connectivity index (χ4v) is 3.64. The van der Waals surface area contributed by atoms with Gasteiger partial charge >= 0.3 is 5.97 Å². The highest BCUT2D eigenvalue weighted by atomic mass is 79.9. The molecule has 21 heavy (non-hydrogen) atoms. The monoisotopic (exact) mass is 351 g/mol. The molecule has 0 saturated carbocycles. The number of hydrogen-bond acceptors (Lipinski definition) is 2. The number of fused-ring (bicyclic) bond motifs is 2. The van der Waals surface area contributed by atoms with Gasteiger partial charge in [-0.25, -0.2) is 9.18 Å². The lowest BCUT2D eigenvalue weighted by atomic mass is 9.78. The van der Waals surface area contributed by atoms with E-state index >= 15 is 0 Å². The molecule has 1 aromatic carbocycles. The number of halogens is 2. The van der Waals surface area contributed by atoms with Gasteiger partial charge in [0.15, 0.2) is 0 Å². The lowest BCUT2D eigenvalue weighted by Crippen LogP contribution is -2.21. The maximum Gasteiger partial charge on any atom is 0.336 e. The van der Waals surface area contributed by atoms with Crippen LogP contribution in [0.4, 0.5) is 4.39 Å². The van der Waals surface area contributed by atoms with Crippen LogP contribution in [0, 0.1) is 11.7 Å². The number of aromatic nitrogens is 1. The third kappa shape index (κ3) is 2.24. The van der Waals surface area contributed by atoms with Crippen LogP contribution in [0.15, 0.2) is 16.6 Å². The number of pyridine rings is 1. The van der Waals surface area contributed by atoms with Crippen LogP contribution in [-0.4, -0.2) is 16.1 Å². The largest absolute Gasteiger partial charge is 0.478 e. The quantitative estimate of drug-likeness (QED) is 0.821. The number of carboxylic acid groups (broad SMARTS) is 1. The number of hydrogen-bond donors (Lipinski definition) is 1. The molecule has 1 aromatic heterocycles. The molecule has 0 fully saturated rings. The SMILES string of the molecule is CC1CCc2c(nc3c(Br)cc(F)cc3c2C(=O)O)C1C. The van der Waals surface area contributed by atoms with Gasteiger partial charge in [0.2, 0.25) is 0 Å². The van der Waals surface area contributed by atoms with E-state index in [1.807, 2.05) is 0 Å². The van der Waals surface area contributed by atoms with Gasteiger partial charge in [-0.2, -0.15) is 0 Å². The summed E-state index contributed by atoms with van der Waals surface area (Å²) >= 11 is 3.30. The second-order valence-electron chi connectivity index (χ2n) is 5.74. The van der Waals surface area contributed by atoms with Crippen molar-refractivity contribution in [2.24, 2.45) is 5.92 Å². The van der Waals surface area contributed by atoms with Crippen LogP contribution in [0.3, 0.4) is 0 Å². The third-order valence-corrected chi connectivity index (χ3v) is 5.09. The van der Waals surface area contributed by atoms with Crippen LogP contribution in [-0.2, 0) is 6.42 Å². The van der Waals surface area contributed by atoms with Crippen LogP contribution < -0.4 is 0 Å². The summed E-state index contributed by atoms with van der Waals surface area (Å²) in [6.45, 7) is 4.23. The van der Waals surface area contributed by atoms with Crippen molar-refractivity contribution in [3.05, 3.63) is 39.2 Å². The molecule has 5 heteroatoms. The zero-order chi connectivity index (χ0) is 15.3. The van der Waals surface area contributed by atoms with Gasteiger partial charge in [0, 0.05) is 21.5 Å². The summed E-state index contributed by atoms with van der Waals surface area (Å²) in [6.07, 6.45) is 1.61. The molecule has 2 atom stereocenters. The molecule has 2 unspecified atom stereocenters. The van der Waals surface area contributed by atoms with E-state index in [2.05, 4.69) is 34.8 Å². The van der Waals surface area contributed by atoms with Crippen molar-refractivity contribution in [2.45, 2.75) is 32.6 Å². The zero-order valence-corrected chi connectivity index (χ0v) is 13.4. The fourth-order valence-electron chi connectivity index (χ4n) is 3.11. The van der Waals surface area contributed by atoms with Crippen LogP contribution in [0.2, 0.25) is 0 Å². The predicted octanol–water partition coefficient (Wildman–Crippen LogP) is 4.52. The molecule has 0 radical (unpaired) electrons. The number of rotatable bonds is 1. The molecule has 1 aliphatic carbocycles. The highest BCUT2D eigenvalue weighted by Crippen LogP contribution is 2.39. The maximum absolute atomic E-state index is 13.7.